The summed E-state index contributed by atoms with van der Waals surface area (Å²) < 4.78 is 1.87. The molecule has 0 radical (unpaired) electrons. The molecule has 0 bridgehead atoms. The zero-order valence-electron chi connectivity index (χ0n) is 11.3. The first-order valence-corrected chi connectivity index (χ1v) is 6.45. The molecule has 0 unspecified atom stereocenters. The number of rotatable bonds is 6. The fraction of sp³-hybridized carbons (Fsp3) is 0.462. The van der Waals surface area contributed by atoms with Gasteiger partial charge in [-0.3, -0.25) is 9.20 Å². The molecular weight excluding hydrogens is 242 g/mol. The van der Waals surface area contributed by atoms with Crippen molar-refractivity contribution in [2.45, 2.75) is 32.9 Å². The van der Waals surface area contributed by atoms with Gasteiger partial charge in [0, 0.05) is 25.2 Å². The van der Waals surface area contributed by atoms with Crippen LogP contribution in [-0.4, -0.2) is 33.1 Å². The van der Waals surface area contributed by atoms with Crippen LogP contribution in [0.2, 0.25) is 0 Å². The predicted molar refractivity (Wildman–Crippen MR) is 72.6 cm³/mol. The first-order chi connectivity index (χ1) is 9.16. The molecule has 2 aromatic heterocycles. The van der Waals surface area contributed by atoms with Gasteiger partial charge in [-0.15, -0.1) is 10.2 Å². The van der Waals surface area contributed by atoms with Crippen LogP contribution in [0.15, 0.2) is 24.4 Å². The molecule has 0 saturated heterocycles. The van der Waals surface area contributed by atoms with Crippen molar-refractivity contribution in [1.82, 2.24) is 25.2 Å². The lowest BCUT2D eigenvalue weighted by atomic mass is 10.3. The van der Waals surface area contributed by atoms with Crippen molar-refractivity contribution in [3.8, 4) is 0 Å². The van der Waals surface area contributed by atoms with E-state index in [4.69, 9.17) is 0 Å². The van der Waals surface area contributed by atoms with E-state index < -0.39 is 0 Å². The van der Waals surface area contributed by atoms with Gasteiger partial charge in [0.1, 0.15) is 0 Å². The van der Waals surface area contributed by atoms with Gasteiger partial charge in [-0.25, -0.2) is 0 Å². The summed E-state index contributed by atoms with van der Waals surface area (Å²) in [6.07, 6.45) is 2.35. The lowest BCUT2D eigenvalue weighted by molar-refractivity contribution is -0.121. The lowest BCUT2D eigenvalue weighted by Gasteiger charge is -2.08. The van der Waals surface area contributed by atoms with E-state index in [-0.39, 0.29) is 5.91 Å². The van der Waals surface area contributed by atoms with Crippen molar-refractivity contribution >= 4 is 11.6 Å². The molecule has 2 rings (SSSR count). The van der Waals surface area contributed by atoms with Crippen LogP contribution in [-0.2, 0) is 11.3 Å². The summed E-state index contributed by atoms with van der Waals surface area (Å²) >= 11 is 0. The third-order valence-corrected chi connectivity index (χ3v) is 2.73. The van der Waals surface area contributed by atoms with E-state index in [9.17, 15) is 4.79 Å². The van der Waals surface area contributed by atoms with E-state index in [0.717, 1.165) is 11.5 Å². The van der Waals surface area contributed by atoms with Gasteiger partial charge >= 0.3 is 0 Å². The van der Waals surface area contributed by atoms with Crippen molar-refractivity contribution in [1.29, 1.82) is 0 Å². The number of nitrogens with one attached hydrogen (secondary N) is 2. The molecule has 6 heteroatoms. The maximum atomic E-state index is 11.6. The highest BCUT2D eigenvalue weighted by Gasteiger charge is 2.06. The summed E-state index contributed by atoms with van der Waals surface area (Å²) in [6.45, 7) is 5.19. The second-order valence-corrected chi connectivity index (χ2v) is 4.68. The Hall–Kier alpha value is -1.95. The molecule has 19 heavy (non-hydrogen) atoms. The number of hydrogen-bond donors (Lipinski definition) is 2. The van der Waals surface area contributed by atoms with Crippen LogP contribution in [0.5, 0.6) is 0 Å². The van der Waals surface area contributed by atoms with Gasteiger partial charge in [-0.05, 0) is 12.1 Å². The van der Waals surface area contributed by atoms with Crippen molar-refractivity contribution in [3.05, 3.63) is 30.2 Å². The third-order valence-electron chi connectivity index (χ3n) is 2.73. The number of hydrogen-bond acceptors (Lipinski definition) is 4. The molecular formula is C13H19N5O. The quantitative estimate of drug-likeness (QED) is 0.804. The molecule has 0 spiro atoms. The van der Waals surface area contributed by atoms with Crippen LogP contribution in [0.3, 0.4) is 0 Å². The van der Waals surface area contributed by atoms with Crippen LogP contribution >= 0.6 is 0 Å². The Morgan fingerprint density at radius 1 is 1.37 bits per heavy atom. The van der Waals surface area contributed by atoms with Gasteiger partial charge < -0.3 is 10.6 Å². The molecule has 2 aromatic rings. The normalized spacial score (nSPS) is 11.1. The first kappa shape index (κ1) is 13.5. The summed E-state index contributed by atoms with van der Waals surface area (Å²) in [5, 5.41) is 14.1. The number of amides is 1. The number of aromatic nitrogens is 3. The molecule has 1 amide bonds. The third kappa shape index (κ3) is 3.75. The Labute approximate surface area is 112 Å². The molecule has 0 aliphatic heterocycles. The van der Waals surface area contributed by atoms with Crippen LogP contribution in [0, 0.1) is 0 Å². The Balaban J connectivity index is 1.83. The molecule has 2 heterocycles. The monoisotopic (exact) mass is 261 g/mol. The van der Waals surface area contributed by atoms with Gasteiger partial charge in [0.2, 0.25) is 5.91 Å². The van der Waals surface area contributed by atoms with E-state index in [1.54, 1.807) is 0 Å². The zero-order chi connectivity index (χ0) is 13.7. The van der Waals surface area contributed by atoms with E-state index in [0.29, 0.717) is 25.6 Å². The van der Waals surface area contributed by atoms with Gasteiger partial charge in [0.15, 0.2) is 11.5 Å². The Morgan fingerprint density at radius 2 is 2.21 bits per heavy atom. The van der Waals surface area contributed by atoms with E-state index in [1.165, 1.54) is 0 Å². The summed E-state index contributed by atoms with van der Waals surface area (Å²) in [5.74, 6) is 0.751. The van der Waals surface area contributed by atoms with Crippen molar-refractivity contribution in [3.63, 3.8) is 0 Å². The highest BCUT2D eigenvalue weighted by Crippen LogP contribution is 2.02. The molecule has 102 valence electrons. The molecule has 0 aromatic carbocycles. The zero-order valence-corrected chi connectivity index (χ0v) is 11.3. The maximum Gasteiger partial charge on any atom is 0.221 e. The number of fused-ring (bicyclic) bond motifs is 1. The van der Waals surface area contributed by atoms with Crippen LogP contribution in [0.25, 0.3) is 5.65 Å². The Bertz CT molecular complexity index is 549. The SMILES string of the molecule is CC(C)NCCC(=O)NCc1nnc2ccccn12. The largest absolute Gasteiger partial charge is 0.349 e. The molecule has 0 fully saturated rings. The predicted octanol–water partition coefficient (Wildman–Crippen LogP) is 0.734. The fourth-order valence-corrected chi connectivity index (χ4v) is 1.75. The summed E-state index contributed by atoms with van der Waals surface area (Å²) in [5.41, 5.74) is 0.785. The minimum Gasteiger partial charge on any atom is -0.349 e. The van der Waals surface area contributed by atoms with Crippen molar-refractivity contribution in [2.24, 2.45) is 0 Å². The summed E-state index contributed by atoms with van der Waals surface area (Å²) in [7, 11) is 0. The van der Waals surface area contributed by atoms with Gasteiger partial charge in [-0.2, -0.15) is 0 Å². The second kappa shape index (κ2) is 6.29. The van der Waals surface area contributed by atoms with E-state index in [1.807, 2.05) is 28.8 Å². The standard InChI is InChI=1S/C13H19N5O/c1-10(2)14-7-6-13(19)15-9-12-17-16-11-5-3-4-8-18(11)12/h3-5,8,10,14H,6-7,9H2,1-2H3,(H,15,19). The number of carbonyl (C=O) groups is 1. The fourth-order valence-electron chi connectivity index (χ4n) is 1.75. The van der Waals surface area contributed by atoms with Gasteiger partial charge in [0.05, 0.1) is 6.54 Å². The molecule has 0 aliphatic rings. The molecule has 2 N–H and O–H groups in total. The second-order valence-electron chi connectivity index (χ2n) is 4.68. The Morgan fingerprint density at radius 3 is 3.00 bits per heavy atom. The number of nitrogens with zero attached hydrogens (tertiary/aromatic N) is 3. The maximum absolute atomic E-state index is 11.6. The molecule has 0 aliphatic carbocycles. The van der Waals surface area contributed by atoms with Crippen LogP contribution in [0.4, 0.5) is 0 Å². The molecule has 0 atom stereocenters. The van der Waals surface area contributed by atoms with Gasteiger partial charge in [0.25, 0.3) is 0 Å². The number of carbonyl (C=O) groups excluding carboxylic acids is 1. The topological polar surface area (TPSA) is 71.3 Å². The minimum absolute atomic E-state index is 0.0147. The van der Waals surface area contributed by atoms with Crippen LogP contribution < -0.4 is 10.6 Å². The first-order valence-electron chi connectivity index (χ1n) is 6.45. The average Bonchev–Trinajstić information content (AvgIpc) is 2.79. The molecule has 6 nitrogen and oxygen atoms in total. The molecule has 0 saturated carbocycles. The van der Waals surface area contributed by atoms with E-state index in [2.05, 4.69) is 34.7 Å². The van der Waals surface area contributed by atoms with Crippen LogP contribution in [0.1, 0.15) is 26.1 Å². The minimum atomic E-state index is 0.0147. The average molecular weight is 261 g/mol. The van der Waals surface area contributed by atoms with Gasteiger partial charge in [-0.1, -0.05) is 19.9 Å². The lowest BCUT2D eigenvalue weighted by Crippen LogP contribution is -2.30. The highest BCUT2D eigenvalue weighted by molar-refractivity contribution is 5.75. The van der Waals surface area contributed by atoms with E-state index >= 15 is 0 Å². The summed E-state index contributed by atoms with van der Waals surface area (Å²) in [6, 6.07) is 6.09. The highest BCUT2D eigenvalue weighted by atomic mass is 16.1. The van der Waals surface area contributed by atoms with Crippen molar-refractivity contribution in [2.75, 3.05) is 6.54 Å². The van der Waals surface area contributed by atoms with Crippen molar-refractivity contribution < 1.29 is 4.79 Å². The smallest absolute Gasteiger partial charge is 0.221 e. The summed E-state index contributed by atoms with van der Waals surface area (Å²) in [4.78, 5) is 11.6. The Kier molecular flexibility index (Phi) is 4.46. The number of pyridine rings is 1.